The number of hydrogen-bond donors (Lipinski definition) is 0. The number of carbonyl (C=O) groups is 1. The number of para-hydroxylation sites is 1. The molecule has 1 heterocycles. The second-order valence-electron chi connectivity index (χ2n) is 6.64. The predicted molar refractivity (Wildman–Crippen MR) is 117 cm³/mol. The molecular weight excluding hydrogens is 400 g/mol. The molecule has 0 amide bonds. The van der Waals surface area contributed by atoms with Crippen LogP contribution in [0.5, 0.6) is 17.2 Å². The molecule has 150 valence electrons. The van der Waals surface area contributed by atoms with Crippen molar-refractivity contribution >= 4 is 23.5 Å². The molecule has 3 aromatic carbocycles. The first-order valence-corrected chi connectivity index (χ1v) is 9.77. The minimum Gasteiger partial charge on any atom is -0.496 e. The first-order valence-electron chi connectivity index (χ1n) is 9.39. The van der Waals surface area contributed by atoms with Gasteiger partial charge in [-0.1, -0.05) is 54.1 Å². The topological polar surface area (TPSA) is 44.8 Å². The van der Waals surface area contributed by atoms with E-state index in [0.29, 0.717) is 28.7 Å². The lowest BCUT2D eigenvalue weighted by atomic mass is 10.1. The van der Waals surface area contributed by atoms with Crippen molar-refractivity contribution in [2.75, 3.05) is 7.11 Å². The van der Waals surface area contributed by atoms with Gasteiger partial charge in [0.15, 0.2) is 5.76 Å². The molecule has 0 aromatic heterocycles. The third-order valence-electron chi connectivity index (χ3n) is 4.62. The van der Waals surface area contributed by atoms with Crippen molar-refractivity contribution in [2.45, 2.75) is 6.61 Å². The summed E-state index contributed by atoms with van der Waals surface area (Å²) in [7, 11) is 1.62. The number of ether oxygens (including phenoxy) is 3. The number of hydrogen-bond acceptors (Lipinski definition) is 4. The van der Waals surface area contributed by atoms with Crippen LogP contribution in [0.2, 0.25) is 5.02 Å². The summed E-state index contributed by atoms with van der Waals surface area (Å²) in [6.45, 7) is 0.397. The molecular formula is C25H19ClO4. The van der Waals surface area contributed by atoms with Crippen LogP contribution in [0.1, 0.15) is 21.5 Å². The Morgan fingerprint density at radius 2 is 1.83 bits per heavy atom. The maximum atomic E-state index is 12.6. The van der Waals surface area contributed by atoms with Crippen LogP contribution in [0.25, 0.3) is 6.08 Å². The Morgan fingerprint density at radius 1 is 1.03 bits per heavy atom. The Bertz CT molecular complexity index is 1130. The highest BCUT2D eigenvalue weighted by Gasteiger charge is 2.27. The lowest BCUT2D eigenvalue weighted by Gasteiger charge is -2.07. The van der Waals surface area contributed by atoms with Gasteiger partial charge in [-0.15, -0.1) is 0 Å². The molecule has 0 saturated heterocycles. The van der Waals surface area contributed by atoms with Crippen LogP contribution < -0.4 is 14.2 Å². The fraction of sp³-hybridized carbons (Fsp3) is 0.0800. The highest BCUT2D eigenvalue weighted by molar-refractivity contribution is 6.30. The van der Waals surface area contributed by atoms with E-state index in [1.54, 1.807) is 37.5 Å². The van der Waals surface area contributed by atoms with Crippen molar-refractivity contribution in [1.29, 1.82) is 0 Å². The molecule has 30 heavy (non-hydrogen) atoms. The van der Waals surface area contributed by atoms with Crippen LogP contribution in [0.3, 0.4) is 0 Å². The summed E-state index contributed by atoms with van der Waals surface area (Å²) in [6.07, 6.45) is 5.30. The average molecular weight is 419 g/mol. The van der Waals surface area contributed by atoms with Crippen molar-refractivity contribution in [3.8, 4) is 17.2 Å². The molecule has 0 bridgehead atoms. The molecule has 1 aliphatic heterocycles. The monoisotopic (exact) mass is 418 g/mol. The zero-order valence-corrected chi connectivity index (χ0v) is 17.1. The number of Topliss-reactive ketones (excluding diaryl/α,β-unsaturated/α-hetero) is 1. The highest BCUT2D eigenvalue weighted by atomic mass is 35.5. The quantitative estimate of drug-likeness (QED) is 0.454. The van der Waals surface area contributed by atoms with E-state index < -0.39 is 0 Å². The molecule has 3 aromatic rings. The Balaban J connectivity index is 1.45. The molecule has 0 radical (unpaired) electrons. The van der Waals surface area contributed by atoms with E-state index in [1.807, 2.05) is 54.6 Å². The van der Waals surface area contributed by atoms with E-state index >= 15 is 0 Å². The minimum atomic E-state index is -0.154. The van der Waals surface area contributed by atoms with Crippen molar-refractivity contribution in [2.24, 2.45) is 0 Å². The van der Waals surface area contributed by atoms with E-state index in [-0.39, 0.29) is 11.5 Å². The predicted octanol–water partition coefficient (Wildman–Crippen LogP) is 6.10. The Kier molecular flexibility index (Phi) is 5.87. The van der Waals surface area contributed by atoms with Gasteiger partial charge in [0, 0.05) is 16.7 Å². The van der Waals surface area contributed by atoms with E-state index in [2.05, 4.69) is 0 Å². The number of allylic oxidation sites excluding steroid dienone is 3. The molecule has 5 heteroatoms. The van der Waals surface area contributed by atoms with Crippen molar-refractivity contribution in [3.05, 3.63) is 106 Å². The Hall–Kier alpha value is -3.50. The van der Waals surface area contributed by atoms with Crippen molar-refractivity contribution in [1.82, 2.24) is 0 Å². The van der Waals surface area contributed by atoms with Crippen molar-refractivity contribution in [3.63, 3.8) is 0 Å². The van der Waals surface area contributed by atoms with Crippen LogP contribution >= 0.6 is 11.6 Å². The second-order valence-corrected chi connectivity index (χ2v) is 7.07. The van der Waals surface area contributed by atoms with Gasteiger partial charge >= 0.3 is 0 Å². The van der Waals surface area contributed by atoms with Gasteiger partial charge in [0.25, 0.3) is 0 Å². The fourth-order valence-corrected chi connectivity index (χ4v) is 3.19. The SMILES string of the molecule is COc1ccccc1/C=C/C=C1/Oc2cc(OCc3ccc(Cl)cc3)ccc2C1=O. The zero-order chi connectivity index (χ0) is 20.9. The normalized spacial score (nSPS) is 14.1. The smallest absolute Gasteiger partial charge is 0.231 e. The standard InChI is InChI=1S/C25H19ClO4/c1-28-22-7-3-2-5-18(22)6-4-8-23-25(27)21-14-13-20(15-24(21)30-23)29-16-17-9-11-19(26)12-10-17/h2-15H,16H2,1H3/b6-4+,23-8+. The van der Waals surface area contributed by atoms with Gasteiger partial charge in [-0.3, -0.25) is 4.79 Å². The summed E-state index contributed by atoms with van der Waals surface area (Å²) < 4.78 is 16.9. The van der Waals surface area contributed by atoms with Gasteiger partial charge in [0.1, 0.15) is 23.9 Å². The summed E-state index contributed by atoms with van der Waals surface area (Å²) in [5.74, 6) is 1.99. The van der Waals surface area contributed by atoms with Crippen LogP contribution in [0, 0.1) is 0 Å². The lowest BCUT2D eigenvalue weighted by Crippen LogP contribution is -1.97. The van der Waals surface area contributed by atoms with Crippen molar-refractivity contribution < 1.29 is 19.0 Å². The lowest BCUT2D eigenvalue weighted by molar-refractivity contribution is 0.101. The molecule has 4 rings (SSSR count). The first kappa shape index (κ1) is 19.8. The largest absolute Gasteiger partial charge is 0.496 e. The number of halogens is 1. The highest BCUT2D eigenvalue weighted by Crippen LogP contribution is 2.34. The number of benzene rings is 3. The fourth-order valence-electron chi connectivity index (χ4n) is 3.06. The van der Waals surface area contributed by atoms with Crippen LogP contribution in [-0.4, -0.2) is 12.9 Å². The zero-order valence-electron chi connectivity index (χ0n) is 16.3. The van der Waals surface area contributed by atoms with Gasteiger partial charge < -0.3 is 14.2 Å². The Labute approximate surface area is 180 Å². The molecule has 0 N–H and O–H groups in total. The first-order chi connectivity index (χ1) is 14.6. The second kappa shape index (κ2) is 8.89. The summed E-state index contributed by atoms with van der Waals surface area (Å²) in [5.41, 5.74) is 2.43. The molecule has 0 unspecified atom stereocenters. The third-order valence-corrected chi connectivity index (χ3v) is 4.87. The van der Waals surface area contributed by atoms with Gasteiger partial charge in [0.2, 0.25) is 5.78 Å². The van der Waals surface area contributed by atoms with E-state index in [1.165, 1.54) is 0 Å². The minimum absolute atomic E-state index is 0.154. The molecule has 0 saturated carbocycles. The van der Waals surface area contributed by atoms with E-state index in [0.717, 1.165) is 16.9 Å². The molecule has 4 nitrogen and oxygen atoms in total. The van der Waals surface area contributed by atoms with Gasteiger partial charge in [-0.25, -0.2) is 0 Å². The summed E-state index contributed by atoms with van der Waals surface area (Å²) in [5, 5.41) is 0.683. The molecule has 0 atom stereocenters. The van der Waals surface area contributed by atoms with Gasteiger partial charge in [0.05, 0.1) is 12.7 Å². The molecule has 0 spiro atoms. The van der Waals surface area contributed by atoms with Gasteiger partial charge in [-0.2, -0.15) is 0 Å². The number of carbonyl (C=O) groups excluding carboxylic acids is 1. The maximum Gasteiger partial charge on any atom is 0.231 e. The molecule has 0 fully saturated rings. The summed E-state index contributed by atoms with van der Waals surface area (Å²) >= 11 is 5.90. The van der Waals surface area contributed by atoms with E-state index in [4.69, 9.17) is 25.8 Å². The maximum absolute atomic E-state index is 12.6. The van der Waals surface area contributed by atoms with Crippen LogP contribution in [-0.2, 0) is 6.61 Å². The summed E-state index contributed by atoms with van der Waals surface area (Å²) in [6, 6.07) is 20.3. The number of fused-ring (bicyclic) bond motifs is 1. The number of rotatable bonds is 6. The number of ketones is 1. The molecule has 1 aliphatic rings. The average Bonchev–Trinajstić information content (AvgIpc) is 3.08. The van der Waals surface area contributed by atoms with Gasteiger partial charge in [-0.05, 0) is 42.0 Å². The van der Waals surface area contributed by atoms with Crippen LogP contribution in [0.4, 0.5) is 0 Å². The molecule has 0 aliphatic carbocycles. The number of methoxy groups -OCH3 is 1. The third kappa shape index (κ3) is 4.39. The summed E-state index contributed by atoms with van der Waals surface area (Å²) in [4.78, 5) is 12.6. The van der Waals surface area contributed by atoms with Crippen LogP contribution in [0.15, 0.2) is 84.6 Å². The Morgan fingerprint density at radius 3 is 2.63 bits per heavy atom. The van der Waals surface area contributed by atoms with E-state index in [9.17, 15) is 4.79 Å².